The molecule has 102 valence electrons. The van der Waals surface area contributed by atoms with E-state index in [1.54, 1.807) is 0 Å². The third-order valence-corrected chi connectivity index (χ3v) is 4.38. The van der Waals surface area contributed by atoms with E-state index in [0.717, 1.165) is 32.3 Å². The van der Waals surface area contributed by atoms with Crippen LogP contribution in [0.3, 0.4) is 0 Å². The van der Waals surface area contributed by atoms with Crippen molar-refractivity contribution in [2.24, 2.45) is 0 Å². The van der Waals surface area contributed by atoms with Crippen LogP contribution in [0.1, 0.15) is 32.6 Å². The molecule has 1 aromatic rings. The molecule has 2 heterocycles. The second-order valence-corrected chi connectivity index (χ2v) is 5.85. The van der Waals surface area contributed by atoms with Crippen molar-refractivity contribution in [1.82, 2.24) is 14.8 Å². The van der Waals surface area contributed by atoms with Gasteiger partial charge in [-0.3, -0.25) is 8.78 Å². The molecule has 1 saturated heterocycles. The molecular formula is C11H19N3O3S. The fourth-order valence-corrected chi connectivity index (χ4v) is 3.40. The van der Waals surface area contributed by atoms with Crippen LogP contribution >= 0.6 is 0 Å². The van der Waals surface area contributed by atoms with E-state index in [1.165, 1.54) is 4.57 Å². The van der Waals surface area contributed by atoms with E-state index in [2.05, 4.69) is 10.2 Å². The van der Waals surface area contributed by atoms with Crippen molar-refractivity contribution in [3.63, 3.8) is 0 Å². The van der Waals surface area contributed by atoms with E-state index in [4.69, 9.17) is 4.74 Å². The predicted octanol–water partition coefficient (Wildman–Crippen LogP) is 0.658. The van der Waals surface area contributed by atoms with Crippen LogP contribution in [-0.2, 0) is 22.1 Å². The maximum atomic E-state index is 12.2. The number of hydrogen-bond donors (Lipinski definition) is 1. The third-order valence-electron chi connectivity index (χ3n) is 2.99. The van der Waals surface area contributed by atoms with Gasteiger partial charge in [0.25, 0.3) is 0 Å². The largest absolute Gasteiger partial charge is 0.377 e. The number of nitrogens with one attached hydrogen (secondary N) is 1. The van der Waals surface area contributed by atoms with E-state index in [9.17, 15) is 9.00 Å². The fourth-order valence-electron chi connectivity index (χ4n) is 2.08. The van der Waals surface area contributed by atoms with Crippen molar-refractivity contribution in [3.8, 4) is 0 Å². The summed E-state index contributed by atoms with van der Waals surface area (Å²) in [6.07, 6.45) is 3.97. The quantitative estimate of drug-likeness (QED) is 0.855. The van der Waals surface area contributed by atoms with Crippen molar-refractivity contribution in [2.45, 2.75) is 50.4 Å². The molecule has 0 aromatic carbocycles. The Hall–Kier alpha value is -0.950. The number of rotatable bonds is 5. The Balaban J connectivity index is 2.06. The molecule has 0 spiro atoms. The first-order valence-electron chi connectivity index (χ1n) is 6.37. The van der Waals surface area contributed by atoms with Crippen LogP contribution in [-0.4, -0.2) is 37.4 Å². The Labute approximate surface area is 108 Å². The molecule has 1 fully saturated rings. The van der Waals surface area contributed by atoms with Gasteiger partial charge in [-0.1, -0.05) is 6.92 Å². The molecule has 1 aliphatic rings. The highest BCUT2D eigenvalue weighted by Gasteiger charge is 2.21. The molecule has 1 aromatic heterocycles. The summed E-state index contributed by atoms with van der Waals surface area (Å²) in [6.45, 7) is 3.25. The Morgan fingerprint density at radius 1 is 1.56 bits per heavy atom. The van der Waals surface area contributed by atoms with Gasteiger partial charge in [-0.15, -0.1) is 5.10 Å². The van der Waals surface area contributed by atoms with Gasteiger partial charge in [0.1, 0.15) is 0 Å². The van der Waals surface area contributed by atoms with Crippen molar-refractivity contribution >= 4 is 10.8 Å². The normalized spacial score (nSPS) is 21.9. The van der Waals surface area contributed by atoms with E-state index < -0.39 is 10.8 Å². The van der Waals surface area contributed by atoms with E-state index >= 15 is 0 Å². The van der Waals surface area contributed by atoms with Gasteiger partial charge in [0.2, 0.25) is 5.16 Å². The Morgan fingerprint density at radius 3 is 3.06 bits per heavy atom. The van der Waals surface area contributed by atoms with Crippen LogP contribution in [0, 0.1) is 0 Å². The molecule has 1 N–H and O–H groups in total. The van der Waals surface area contributed by atoms with Gasteiger partial charge in [-0.25, -0.2) is 9.89 Å². The fraction of sp³-hybridized carbons (Fsp3) is 0.818. The van der Waals surface area contributed by atoms with Gasteiger partial charge in [-0.2, -0.15) is 0 Å². The lowest BCUT2D eigenvalue weighted by molar-refractivity contribution is 0.0309. The average Bonchev–Trinajstić information content (AvgIpc) is 2.73. The molecule has 2 rings (SSSR count). The molecule has 0 saturated carbocycles. The summed E-state index contributed by atoms with van der Waals surface area (Å²) in [5.41, 5.74) is -0.287. The molecule has 6 nitrogen and oxygen atoms in total. The Morgan fingerprint density at radius 2 is 2.39 bits per heavy atom. The molecule has 0 aliphatic carbocycles. The van der Waals surface area contributed by atoms with Crippen LogP contribution in [0.15, 0.2) is 9.95 Å². The van der Waals surface area contributed by atoms with Gasteiger partial charge in [-0.05, 0) is 25.7 Å². The lowest BCUT2D eigenvalue weighted by Crippen LogP contribution is -2.27. The van der Waals surface area contributed by atoms with Gasteiger partial charge in [0.05, 0.1) is 22.7 Å². The SMILES string of the molecule is CCCn1c([S@@](=O)C[C@H]2CCCCO2)n[nH]c1=O. The standard InChI is InChI=1S/C11H19N3O3S/c1-2-6-14-10(15)12-13-11(14)18(16)8-9-5-3-4-7-17-9/h9H,2-8H2,1H3,(H,12,15)/t9-,18+/m1/s1. The zero-order valence-electron chi connectivity index (χ0n) is 10.6. The summed E-state index contributed by atoms with van der Waals surface area (Å²) in [5.74, 6) is 0.425. The smallest absolute Gasteiger partial charge is 0.344 e. The summed E-state index contributed by atoms with van der Waals surface area (Å²) < 4.78 is 19.2. The number of H-pyrrole nitrogens is 1. The van der Waals surface area contributed by atoms with Crippen molar-refractivity contribution in [1.29, 1.82) is 0 Å². The molecule has 1 aliphatic heterocycles. The van der Waals surface area contributed by atoms with Crippen LogP contribution in [0.4, 0.5) is 0 Å². The first-order chi connectivity index (χ1) is 8.72. The average molecular weight is 273 g/mol. The maximum Gasteiger partial charge on any atom is 0.344 e. The van der Waals surface area contributed by atoms with Gasteiger partial charge in [0, 0.05) is 13.2 Å². The first kappa shape index (κ1) is 13.5. The minimum atomic E-state index is -1.28. The first-order valence-corrected chi connectivity index (χ1v) is 7.69. The summed E-state index contributed by atoms with van der Waals surface area (Å²) in [4.78, 5) is 11.5. The highest BCUT2D eigenvalue weighted by molar-refractivity contribution is 7.84. The molecule has 18 heavy (non-hydrogen) atoms. The molecule has 0 radical (unpaired) electrons. The molecular weight excluding hydrogens is 254 g/mol. The molecule has 2 atom stereocenters. The van der Waals surface area contributed by atoms with Crippen LogP contribution in [0.25, 0.3) is 0 Å². The Kier molecular flexibility index (Phi) is 4.71. The van der Waals surface area contributed by atoms with Gasteiger partial charge >= 0.3 is 5.69 Å². The van der Waals surface area contributed by atoms with E-state index in [0.29, 0.717) is 17.5 Å². The van der Waals surface area contributed by atoms with Crippen LogP contribution < -0.4 is 5.69 Å². The molecule has 0 unspecified atom stereocenters. The molecule has 0 bridgehead atoms. The predicted molar refractivity (Wildman–Crippen MR) is 68.0 cm³/mol. The van der Waals surface area contributed by atoms with Crippen LogP contribution in [0.2, 0.25) is 0 Å². The van der Waals surface area contributed by atoms with E-state index in [-0.39, 0.29) is 11.8 Å². The highest BCUT2D eigenvalue weighted by Crippen LogP contribution is 2.15. The number of hydrogen-bond acceptors (Lipinski definition) is 4. The lowest BCUT2D eigenvalue weighted by Gasteiger charge is -2.21. The van der Waals surface area contributed by atoms with Crippen molar-refractivity contribution in [2.75, 3.05) is 12.4 Å². The zero-order chi connectivity index (χ0) is 13.0. The molecule has 0 amide bonds. The van der Waals surface area contributed by atoms with Gasteiger partial charge < -0.3 is 4.74 Å². The zero-order valence-corrected chi connectivity index (χ0v) is 11.4. The maximum absolute atomic E-state index is 12.2. The monoisotopic (exact) mass is 273 g/mol. The minimum absolute atomic E-state index is 0.0291. The van der Waals surface area contributed by atoms with Gasteiger partial charge in [0.15, 0.2) is 0 Å². The number of nitrogens with zero attached hydrogens (tertiary/aromatic N) is 2. The summed E-state index contributed by atoms with van der Waals surface area (Å²) in [6, 6.07) is 0. The molecule has 7 heteroatoms. The lowest BCUT2D eigenvalue weighted by atomic mass is 10.1. The summed E-state index contributed by atoms with van der Waals surface area (Å²) in [5, 5.41) is 6.58. The third kappa shape index (κ3) is 3.08. The van der Waals surface area contributed by atoms with Crippen LogP contribution in [0.5, 0.6) is 0 Å². The summed E-state index contributed by atoms with van der Waals surface area (Å²) >= 11 is 0. The topological polar surface area (TPSA) is 77.0 Å². The number of aromatic amines is 1. The second-order valence-electron chi connectivity index (χ2n) is 4.46. The highest BCUT2D eigenvalue weighted by atomic mass is 32.2. The van der Waals surface area contributed by atoms with Crippen molar-refractivity contribution < 1.29 is 8.95 Å². The minimum Gasteiger partial charge on any atom is -0.377 e. The van der Waals surface area contributed by atoms with Crippen molar-refractivity contribution in [3.05, 3.63) is 10.5 Å². The number of aromatic nitrogens is 3. The van der Waals surface area contributed by atoms with E-state index in [1.807, 2.05) is 6.92 Å². The number of ether oxygens (including phenoxy) is 1. The second kappa shape index (κ2) is 6.29. The Bertz CT molecular complexity index is 462. The summed E-state index contributed by atoms with van der Waals surface area (Å²) in [7, 11) is -1.28.